The van der Waals surface area contributed by atoms with Crippen LogP contribution in [0.3, 0.4) is 0 Å². The molecule has 1 aromatic carbocycles. The van der Waals surface area contributed by atoms with Crippen molar-refractivity contribution in [3.05, 3.63) is 28.8 Å². The van der Waals surface area contributed by atoms with Gasteiger partial charge in [-0.15, -0.1) is 10.2 Å². The molecule has 0 atom stereocenters. The van der Waals surface area contributed by atoms with Crippen molar-refractivity contribution in [1.29, 1.82) is 0 Å². The van der Waals surface area contributed by atoms with Gasteiger partial charge in [0.15, 0.2) is 0 Å². The monoisotopic (exact) mass is 367 g/mol. The fraction of sp³-hybridized carbons (Fsp3) is 0.500. The molecular weight excluding hydrogens is 346 g/mol. The van der Waals surface area contributed by atoms with Gasteiger partial charge in [-0.1, -0.05) is 44.2 Å². The SMILES string of the molecule is CC1(C)Cc2cccc(S(=O)(=O)Nc3nnc(C(C)(C)C)s3)c2O1. The summed E-state index contributed by atoms with van der Waals surface area (Å²) in [6.45, 7) is 9.90. The third-order valence-corrected chi connectivity index (χ3v) is 6.39. The Labute approximate surface area is 146 Å². The fourth-order valence-electron chi connectivity index (χ4n) is 2.54. The van der Waals surface area contributed by atoms with Gasteiger partial charge >= 0.3 is 0 Å². The Hall–Kier alpha value is -1.67. The van der Waals surface area contributed by atoms with E-state index in [1.54, 1.807) is 12.1 Å². The molecule has 1 N–H and O–H groups in total. The van der Waals surface area contributed by atoms with Gasteiger partial charge in [-0.2, -0.15) is 0 Å². The van der Waals surface area contributed by atoms with Crippen LogP contribution in [0.5, 0.6) is 5.75 Å². The van der Waals surface area contributed by atoms with E-state index in [0.29, 0.717) is 12.2 Å². The van der Waals surface area contributed by atoms with Crippen LogP contribution < -0.4 is 9.46 Å². The molecule has 24 heavy (non-hydrogen) atoms. The molecule has 0 aliphatic carbocycles. The van der Waals surface area contributed by atoms with E-state index in [-0.39, 0.29) is 15.4 Å². The second kappa shape index (κ2) is 5.42. The summed E-state index contributed by atoms with van der Waals surface area (Å²) < 4.78 is 33.9. The first kappa shape index (κ1) is 17.2. The number of ether oxygens (including phenoxy) is 1. The molecule has 130 valence electrons. The van der Waals surface area contributed by atoms with Crippen LogP contribution in [0, 0.1) is 0 Å². The van der Waals surface area contributed by atoms with Gasteiger partial charge in [0.05, 0.1) is 0 Å². The lowest BCUT2D eigenvalue weighted by molar-refractivity contribution is 0.135. The Morgan fingerprint density at radius 2 is 1.96 bits per heavy atom. The van der Waals surface area contributed by atoms with Gasteiger partial charge in [0.25, 0.3) is 10.0 Å². The van der Waals surface area contributed by atoms with Crippen LogP contribution >= 0.6 is 11.3 Å². The van der Waals surface area contributed by atoms with Crippen molar-refractivity contribution in [1.82, 2.24) is 10.2 Å². The van der Waals surface area contributed by atoms with Gasteiger partial charge in [-0.25, -0.2) is 8.42 Å². The molecule has 1 aliphatic rings. The van der Waals surface area contributed by atoms with Gasteiger partial charge in [0.2, 0.25) is 5.13 Å². The molecule has 0 spiro atoms. The molecule has 0 unspecified atom stereocenters. The molecule has 0 radical (unpaired) electrons. The highest BCUT2D eigenvalue weighted by Gasteiger charge is 2.35. The summed E-state index contributed by atoms with van der Waals surface area (Å²) in [5, 5.41) is 9.06. The molecule has 1 aliphatic heterocycles. The molecule has 2 aromatic rings. The third-order valence-electron chi connectivity index (χ3n) is 3.63. The van der Waals surface area contributed by atoms with E-state index in [1.165, 1.54) is 11.3 Å². The number of sulfonamides is 1. The Bertz CT molecular complexity index is 880. The molecular formula is C16H21N3O3S2. The summed E-state index contributed by atoms with van der Waals surface area (Å²) >= 11 is 1.24. The van der Waals surface area contributed by atoms with Crippen LogP contribution in [-0.2, 0) is 21.9 Å². The van der Waals surface area contributed by atoms with Crippen molar-refractivity contribution in [2.24, 2.45) is 0 Å². The molecule has 0 saturated carbocycles. The summed E-state index contributed by atoms with van der Waals surface area (Å²) in [7, 11) is -3.79. The number of nitrogens with zero attached hydrogens (tertiary/aromatic N) is 2. The number of benzene rings is 1. The van der Waals surface area contributed by atoms with E-state index in [2.05, 4.69) is 14.9 Å². The van der Waals surface area contributed by atoms with Gasteiger partial charge in [-0.3, -0.25) is 4.72 Å². The summed E-state index contributed by atoms with van der Waals surface area (Å²) in [5.41, 5.74) is 0.314. The molecule has 0 amide bonds. The highest BCUT2D eigenvalue weighted by molar-refractivity contribution is 7.93. The van der Waals surface area contributed by atoms with Crippen molar-refractivity contribution in [3.63, 3.8) is 0 Å². The van der Waals surface area contributed by atoms with E-state index in [1.807, 2.05) is 40.7 Å². The number of rotatable bonds is 3. The van der Waals surface area contributed by atoms with E-state index >= 15 is 0 Å². The van der Waals surface area contributed by atoms with Crippen molar-refractivity contribution in [2.75, 3.05) is 4.72 Å². The Morgan fingerprint density at radius 3 is 2.58 bits per heavy atom. The molecule has 6 nitrogen and oxygen atoms in total. The first-order valence-corrected chi connectivity index (χ1v) is 9.96. The zero-order valence-corrected chi connectivity index (χ0v) is 16.0. The maximum atomic E-state index is 12.8. The van der Waals surface area contributed by atoms with E-state index in [0.717, 1.165) is 10.6 Å². The van der Waals surface area contributed by atoms with Crippen molar-refractivity contribution in [2.45, 2.75) is 57.0 Å². The van der Waals surface area contributed by atoms with Crippen LogP contribution in [0.15, 0.2) is 23.1 Å². The van der Waals surface area contributed by atoms with Crippen molar-refractivity contribution >= 4 is 26.5 Å². The summed E-state index contributed by atoms with van der Waals surface area (Å²) in [5.74, 6) is 0.426. The van der Waals surface area contributed by atoms with E-state index in [4.69, 9.17) is 4.74 Å². The van der Waals surface area contributed by atoms with Crippen LogP contribution in [0.4, 0.5) is 5.13 Å². The number of aromatic nitrogens is 2. The Kier molecular flexibility index (Phi) is 3.88. The van der Waals surface area contributed by atoms with Crippen LogP contribution in [0.2, 0.25) is 0 Å². The standard InChI is InChI=1S/C16H21N3O3S2/c1-15(2,3)13-17-18-14(23-13)19-24(20,21)11-8-6-7-10-9-16(4,5)22-12(10)11/h6-8H,9H2,1-5H3,(H,18,19). The van der Waals surface area contributed by atoms with Gasteiger partial charge in [0.1, 0.15) is 21.3 Å². The minimum Gasteiger partial charge on any atom is -0.486 e. The number of hydrogen-bond acceptors (Lipinski definition) is 6. The fourth-order valence-corrected chi connectivity index (χ4v) is 4.74. The first-order valence-electron chi connectivity index (χ1n) is 7.66. The second-order valence-electron chi connectivity index (χ2n) is 7.55. The number of nitrogens with one attached hydrogen (secondary N) is 1. The van der Waals surface area contributed by atoms with Gasteiger partial charge in [-0.05, 0) is 25.5 Å². The minimum absolute atomic E-state index is 0.137. The highest BCUT2D eigenvalue weighted by atomic mass is 32.2. The number of anilines is 1. The largest absolute Gasteiger partial charge is 0.486 e. The Balaban J connectivity index is 1.93. The second-order valence-corrected chi connectivity index (χ2v) is 10.2. The smallest absolute Gasteiger partial charge is 0.267 e. The Morgan fingerprint density at radius 1 is 1.25 bits per heavy atom. The predicted octanol–water partition coefficient (Wildman–Crippen LogP) is 3.35. The zero-order chi connectivity index (χ0) is 17.8. The first-order chi connectivity index (χ1) is 11.0. The summed E-state index contributed by atoms with van der Waals surface area (Å²) in [4.78, 5) is 0.137. The molecule has 0 bridgehead atoms. The van der Waals surface area contributed by atoms with Gasteiger partial charge in [0, 0.05) is 11.8 Å². The maximum Gasteiger partial charge on any atom is 0.267 e. The zero-order valence-electron chi connectivity index (χ0n) is 14.4. The number of hydrogen-bond donors (Lipinski definition) is 1. The third kappa shape index (κ3) is 3.25. The topological polar surface area (TPSA) is 81.2 Å². The predicted molar refractivity (Wildman–Crippen MR) is 94.3 cm³/mol. The molecule has 0 fully saturated rings. The maximum absolute atomic E-state index is 12.8. The average molecular weight is 367 g/mol. The molecule has 8 heteroatoms. The minimum atomic E-state index is -3.79. The average Bonchev–Trinajstić information content (AvgIpc) is 2.99. The lowest BCUT2D eigenvalue weighted by atomic mass is 9.98. The summed E-state index contributed by atoms with van der Waals surface area (Å²) in [6, 6.07) is 5.18. The van der Waals surface area contributed by atoms with Crippen molar-refractivity contribution in [3.8, 4) is 5.75 Å². The lowest BCUT2D eigenvalue weighted by Crippen LogP contribution is -2.25. The van der Waals surface area contributed by atoms with Crippen LogP contribution in [0.25, 0.3) is 0 Å². The summed E-state index contributed by atoms with van der Waals surface area (Å²) in [6.07, 6.45) is 0.679. The highest BCUT2D eigenvalue weighted by Crippen LogP contribution is 2.40. The molecule has 0 saturated heterocycles. The van der Waals surface area contributed by atoms with E-state index < -0.39 is 15.6 Å². The van der Waals surface area contributed by atoms with Crippen molar-refractivity contribution < 1.29 is 13.2 Å². The van der Waals surface area contributed by atoms with Crippen LogP contribution in [-0.4, -0.2) is 24.2 Å². The lowest BCUT2D eigenvalue weighted by Gasteiger charge is -2.18. The molecule has 3 rings (SSSR count). The van der Waals surface area contributed by atoms with Gasteiger partial charge < -0.3 is 4.74 Å². The molecule has 1 aromatic heterocycles. The normalized spacial score (nSPS) is 16.5. The quantitative estimate of drug-likeness (QED) is 0.900. The van der Waals surface area contributed by atoms with Crippen LogP contribution in [0.1, 0.15) is 45.2 Å². The van der Waals surface area contributed by atoms with E-state index in [9.17, 15) is 8.42 Å². The number of para-hydroxylation sites is 1. The molecule has 2 heterocycles. The number of fused-ring (bicyclic) bond motifs is 1.